The second kappa shape index (κ2) is 6.85. The Bertz CT molecular complexity index is 577. The third-order valence-corrected chi connectivity index (χ3v) is 2.68. The SMILES string of the molecule is CC(=O)Oc1cc(O)c(C)cc1C(=O)CC(O)CC(=O)O. The lowest BCUT2D eigenvalue weighted by Crippen LogP contribution is -2.18. The Hall–Kier alpha value is -2.41. The van der Waals surface area contributed by atoms with Crippen molar-refractivity contribution in [2.24, 2.45) is 0 Å². The second-order valence-electron chi connectivity index (χ2n) is 4.61. The van der Waals surface area contributed by atoms with Gasteiger partial charge in [0.1, 0.15) is 11.5 Å². The summed E-state index contributed by atoms with van der Waals surface area (Å²) >= 11 is 0. The van der Waals surface area contributed by atoms with Crippen LogP contribution in [0.15, 0.2) is 12.1 Å². The fourth-order valence-electron chi connectivity index (χ4n) is 1.73. The van der Waals surface area contributed by atoms with Gasteiger partial charge in [-0.15, -0.1) is 0 Å². The molecule has 0 radical (unpaired) electrons. The lowest BCUT2D eigenvalue weighted by Gasteiger charge is -2.12. The van der Waals surface area contributed by atoms with Crippen LogP contribution in [-0.4, -0.2) is 39.1 Å². The number of aryl methyl sites for hydroxylation is 1. The van der Waals surface area contributed by atoms with Crippen LogP contribution in [0.25, 0.3) is 0 Å². The van der Waals surface area contributed by atoms with Gasteiger partial charge in [-0.25, -0.2) is 0 Å². The van der Waals surface area contributed by atoms with E-state index >= 15 is 0 Å². The number of Topliss-reactive ketones (excluding diaryl/α,β-unsaturated/α-hetero) is 1. The van der Waals surface area contributed by atoms with Crippen LogP contribution < -0.4 is 4.74 Å². The molecule has 0 bridgehead atoms. The average molecular weight is 296 g/mol. The van der Waals surface area contributed by atoms with Gasteiger partial charge in [-0.05, 0) is 18.6 Å². The Labute approximate surface area is 120 Å². The van der Waals surface area contributed by atoms with Gasteiger partial charge in [-0.3, -0.25) is 14.4 Å². The number of carbonyl (C=O) groups excluding carboxylic acids is 2. The summed E-state index contributed by atoms with van der Waals surface area (Å²) in [5, 5.41) is 27.6. The Morgan fingerprint density at radius 3 is 2.38 bits per heavy atom. The first-order valence-corrected chi connectivity index (χ1v) is 6.15. The Morgan fingerprint density at radius 2 is 1.86 bits per heavy atom. The molecule has 0 saturated carbocycles. The van der Waals surface area contributed by atoms with Crippen molar-refractivity contribution < 1.29 is 34.4 Å². The number of aliphatic carboxylic acids is 1. The number of ketones is 1. The molecule has 0 saturated heterocycles. The molecule has 7 nitrogen and oxygen atoms in total. The summed E-state index contributed by atoms with van der Waals surface area (Å²) in [6.45, 7) is 2.70. The summed E-state index contributed by atoms with van der Waals surface area (Å²) in [4.78, 5) is 33.6. The molecule has 0 amide bonds. The molecule has 21 heavy (non-hydrogen) atoms. The number of phenolic OH excluding ortho intramolecular Hbond substituents is 1. The number of esters is 1. The average Bonchev–Trinajstić information content (AvgIpc) is 2.31. The monoisotopic (exact) mass is 296 g/mol. The van der Waals surface area contributed by atoms with E-state index < -0.39 is 36.7 Å². The van der Waals surface area contributed by atoms with Crippen molar-refractivity contribution in [1.29, 1.82) is 0 Å². The van der Waals surface area contributed by atoms with Crippen LogP contribution >= 0.6 is 0 Å². The first-order valence-electron chi connectivity index (χ1n) is 6.15. The Morgan fingerprint density at radius 1 is 1.24 bits per heavy atom. The van der Waals surface area contributed by atoms with Crippen LogP contribution in [0, 0.1) is 6.92 Å². The van der Waals surface area contributed by atoms with Gasteiger partial charge in [-0.1, -0.05) is 0 Å². The summed E-state index contributed by atoms with van der Waals surface area (Å²) < 4.78 is 4.85. The van der Waals surface area contributed by atoms with Gasteiger partial charge in [0.25, 0.3) is 0 Å². The van der Waals surface area contributed by atoms with Crippen molar-refractivity contribution in [3.05, 3.63) is 23.3 Å². The third kappa shape index (κ3) is 4.88. The third-order valence-electron chi connectivity index (χ3n) is 2.68. The number of hydrogen-bond acceptors (Lipinski definition) is 6. The van der Waals surface area contributed by atoms with Gasteiger partial charge in [0, 0.05) is 19.4 Å². The van der Waals surface area contributed by atoms with Crippen molar-refractivity contribution in [3.63, 3.8) is 0 Å². The number of hydrogen-bond donors (Lipinski definition) is 3. The summed E-state index contributed by atoms with van der Waals surface area (Å²) in [5.74, 6) is -2.74. The van der Waals surface area contributed by atoms with Crippen LogP contribution in [0.3, 0.4) is 0 Å². The zero-order chi connectivity index (χ0) is 16.2. The summed E-state index contributed by atoms with van der Waals surface area (Å²) in [5.41, 5.74) is 0.395. The van der Waals surface area contributed by atoms with E-state index in [9.17, 15) is 24.6 Å². The Kier molecular flexibility index (Phi) is 5.43. The van der Waals surface area contributed by atoms with Gasteiger partial charge in [0.15, 0.2) is 5.78 Å². The number of benzene rings is 1. The second-order valence-corrected chi connectivity index (χ2v) is 4.61. The van der Waals surface area contributed by atoms with Gasteiger partial charge in [0.05, 0.1) is 18.1 Å². The number of carbonyl (C=O) groups is 3. The molecular weight excluding hydrogens is 280 g/mol. The minimum atomic E-state index is -1.34. The molecular formula is C14H16O7. The van der Waals surface area contributed by atoms with E-state index in [0.717, 1.165) is 13.0 Å². The highest BCUT2D eigenvalue weighted by atomic mass is 16.5. The van der Waals surface area contributed by atoms with Gasteiger partial charge < -0.3 is 20.1 Å². The molecule has 1 aromatic carbocycles. The zero-order valence-electron chi connectivity index (χ0n) is 11.6. The van der Waals surface area contributed by atoms with Crippen molar-refractivity contribution in [2.75, 3.05) is 0 Å². The summed E-state index contributed by atoms with van der Waals surface area (Å²) in [6.07, 6.45) is -2.33. The molecule has 1 atom stereocenters. The maximum absolute atomic E-state index is 12.1. The topological polar surface area (TPSA) is 121 Å². The van der Waals surface area contributed by atoms with Crippen LogP contribution in [-0.2, 0) is 9.59 Å². The van der Waals surface area contributed by atoms with E-state index in [4.69, 9.17) is 9.84 Å². The van der Waals surface area contributed by atoms with Crippen molar-refractivity contribution >= 4 is 17.7 Å². The Balaban J connectivity index is 3.04. The quantitative estimate of drug-likeness (QED) is 0.407. The highest BCUT2D eigenvalue weighted by molar-refractivity contribution is 6.00. The number of carboxylic acid groups (broad SMARTS) is 1. The molecule has 3 N–H and O–H groups in total. The predicted octanol–water partition coefficient (Wildman–Crippen LogP) is 1.03. The molecule has 0 aromatic heterocycles. The van der Waals surface area contributed by atoms with Gasteiger partial charge >= 0.3 is 11.9 Å². The lowest BCUT2D eigenvalue weighted by molar-refractivity contribution is -0.139. The fraction of sp³-hybridized carbons (Fsp3) is 0.357. The molecule has 0 fully saturated rings. The number of ether oxygens (including phenoxy) is 1. The maximum Gasteiger partial charge on any atom is 0.308 e. The minimum Gasteiger partial charge on any atom is -0.508 e. The molecule has 7 heteroatoms. The van der Waals surface area contributed by atoms with Gasteiger partial charge in [0.2, 0.25) is 0 Å². The number of aromatic hydroxyl groups is 1. The molecule has 0 heterocycles. The van der Waals surface area contributed by atoms with Crippen LogP contribution in [0.1, 0.15) is 35.7 Å². The van der Waals surface area contributed by atoms with Crippen LogP contribution in [0.2, 0.25) is 0 Å². The lowest BCUT2D eigenvalue weighted by atomic mass is 10.0. The van der Waals surface area contributed by atoms with Crippen molar-refractivity contribution in [3.8, 4) is 11.5 Å². The highest BCUT2D eigenvalue weighted by Crippen LogP contribution is 2.29. The number of aliphatic hydroxyl groups excluding tert-OH is 1. The fourth-order valence-corrected chi connectivity index (χ4v) is 1.73. The molecule has 1 unspecified atom stereocenters. The molecule has 1 rings (SSSR count). The number of aliphatic hydroxyl groups is 1. The van der Waals surface area contributed by atoms with Crippen molar-refractivity contribution in [1.82, 2.24) is 0 Å². The number of rotatable bonds is 6. The molecule has 0 aliphatic rings. The predicted molar refractivity (Wildman–Crippen MR) is 71.4 cm³/mol. The normalized spacial score (nSPS) is 11.8. The smallest absolute Gasteiger partial charge is 0.308 e. The van der Waals surface area contributed by atoms with Gasteiger partial charge in [-0.2, -0.15) is 0 Å². The largest absolute Gasteiger partial charge is 0.508 e. The first kappa shape index (κ1) is 16.6. The van der Waals surface area contributed by atoms with E-state index in [1.807, 2.05) is 0 Å². The van der Waals surface area contributed by atoms with Crippen LogP contribution in [0.5, 0.6) is 11.5 Å². The van der Waals surface area contributed by atoms with E-state index in [2.05, 4.69) is 0 Å². The van der Waals surface area contributed by atoms with Crippen LogP contribution in [0.4, 0.5) is 0 Å². The summed E-state index contributed by atoms with van der Waals surface area (Å²) in [7, 11) is 0. The molecule has 0 spiro atoms. The molecule has 0 aliphatic carbocycles. The minimum absolute atomic E-state index is 0.00457. The summed E-state index contributed by atoms with van der Waals surface area (Å²) in [6, 6.07) is 2.46. The standard InChI is InChI=1S/C14H16O7/c1-7-3-10(12(18)4-9(16)5-14(19)20)13(6-11(7)17)21-8(2)15/h3,6,9,16-17H,4-5H2,1-2H3,(H,19,20). The molecule has 0 aliphatic heterocycles. The highest BCUT2D eigenvalue weighted by Gasteiger charge is 2.21. The molecule has 1 aromatic rings. The first-order chi connectivity index (χ1) is 9.70. The van der Waals surface area contributed by atoms with E-state index in [-0.39, 0.29) is 17.1 Å². The van der Waals surface area contributed by atoms with E-state index in [1.54, 1.807) is 6.92 Å². The number of carboxylic acids is 1. The maximum atomic E-state index is 12.1. The number of phenols is 1. The van der Waals surface area contributed by atoms with E-state index in [1.165, 1.54) is 6.07 Å². The van der Waals surface area contributed by atoms with Crippen molar-refractivity contribution in [2.45, 2.75) is 32.8 Å². The van der Waals surface area contributed by atoms with E-state index in [0.29, 0.717) is 5.56 Å². The molecule has 114 valence electrons. The zero-order valence-corrected chi connectivity index (χ0v) is 11.6.